The second-order valence-corrected chi connectivity index (χ2v) is 12.7. The number of piperidine rings is 1. The van der Waals surface area contributed by atoms with E-state index in [-0.39, 0.29) is 30.3 Å². The lowest BCUT2D eigenvalue weighted by atomic mass is 9.52. The second kappa shape index (κ2) is 10.8. The first kappa shape index (κ1) is 30.3. The molecule has 1 saturated heterocycles. The number of carbonyl (C=O) groups is 5. The molecule has 3 aliphatic carbocycles. The maximum atomic E-state index is 14.0. The molecule has 6 atom stereocenters. The van der Waals surface area contributed by atoms with Crippen LogP contribution in [0.5, 0.6) is 5.75 Å². The van der Waals surface area contributed by atoms with Crippen molar-refractivity contribution in [3.05, 3.63) is 22.8 Å². The Morgan fingerprint density at radius 2 is 1.76 bits per heavy atom. The van der Waals surface area contributed by atoms with Crippen LogP contribution >= 0.6 is 0 Å². The number of benzene rings is 1. The average Bonchev–Trinajstić information content (AvgIpc) is 2.90. The van der Waals surface area contributed by atoms with Gasteiger partial charge in [-0.25, -0.2) is 0 Å². The van der Waals surface area contributed by atoms with Crippen molar-refractivity contribution in [2.24, 2.45) is 29.4 Å². The van der Waals surface area contributed by atoms with E-state index < -0.39 is 64.4 Å². The molecule has 0 aromatic heterocycles. The van der Waals surface area contributed by atoms with Crippen LogP contribution in [0, 0.1) is 23.7 Å². The van der Waals surface area contributed by atoms with Crippen molar-refractivity contribution in [1.82, 2.24) is 9.80 Å². The summed E-state index contributed by atoms with van der Waals surface area (Å²) in [4.78, 5) is 72.6. The number of hydrogen-bond acceptors (Lipinski definition) is 11. The van der Waals surface area contributed by atoms with Crippen LogP contribution in [0.1, 0.15) is 40.7 Å². The molecule has 1 aliphatic heterocycles. The van der Waals surface area contributed by atoms with Gasteiger partial charge in [0.15, 0.2) is 34.7 Å². The number of aromatic hydroxyl groups is 1. The molecule has 1 aromatic carbocycles. The fourth-order valence-corrected chi connectivity index (χ4v) is 7.95. The number of nitrogens with zero attached hydrogens (tertiary/aromatic N) is 3. The number of anilines is 1. The molecular weight excluding hydrogens is 544 g/mol. The van der Waals surface area contributed by atoms with Gasteiger partial charge in [0, 0.05) is 52.4 Å². The summed E-state index contributed by atoms with van der Waals surface area (Å²) in [6.45, 7) is 2.19. The van der Waals surface area contributed by atoms with Gasteiger partial charge in [-0.1, -0.05) is 0 Å². The number of likely N-dealkylation sites (N-methyl/N-ethyl adjacent to an activating group) is 1. The number of likely N-dealkylation sites (tertiary alicyclic amines) is 1. The van der Waals surface area contributed by atoms with Crippen LogP contribution in [-0.2, 0) is 36.9 Å². The highest BCUT2D eigenvalue weighted by Gasteiger charge is 2.69. The summed E-state index contributed by atoms with van der Waals surface area (Å²) in [6.07, 6.45) is 2.24. The zero-order valence-corrected chi connectivity index (χ0v) is 24.8. The Morgan fingerprint density at radius 1 is 1.12 bits per heavy atom. The van der Waals surface area contributed by atoms with Crippen molar-refractivity contribution < 1.29 is 38.9 Å². The maximum absolute atomic E-state index is 14.0. The third-order valence-corrected chi connectivity index (χ3v) is 9.82. The summed E-state index contributed by atoms with van der Waals surface area (Å²) in [5, 5.41) is 22.9. The minimum absolute atomic E-state index is 0.00661. The Balaban J connectivity index is 1.57. The minimum atomic E-state index is -2.73. The standard InChI is InChI=1S/C30H40N4O8/c1-32(2)23-15(13-34-8-6-16(42-5)7-9-34)12-19(35)21-17(23)10-14-11-18-24(33(3)4)26(37)22(29(31)40)28(39)30(18,41)27(38)20(14)25(21)36/h12,14,16,18,20,22,24,35,41H,6-11,13H2,1-5H3,(H2,31,40). The number of fused-ring (bicyclic) bond motifs is 3. The first-order valence-corrected chi connectivity index (χ1v) is 14.4. The molecule has 1 amide bonds. The number of carbonyl (C=O) groups excluding carboxylic acids is 5. The normalized spacial score (nSPS) is 32.0. The average molecular weight is 585 g/mol. The molecule has 6 unspecified atom stereocenters. The van der Waals surface area contributed by atoms with Crippen LogP contribution in [0.4, 0.5) is 5.69 Å². The van der Waals surface area contributed by atoms with Gasteiger partial charge in [0.2, 0.25) is 5.91 Å². The maximum Gasteiger partial charge on any atom is 0.235 e. The second-order valence-electron chi connectivity index (χ2n) is 12.7. The van der Waals surface area contributed by atoms with Crippen molar-refractivity contribution in [1.29, 1.82) is 0 Å². The van der Waals surface area contributed by atoms with Gasteiger partial charge >= 0.3 is 0 Å². The lowest BCUT2D eigenvalue weighted by Crippen LogP contribution is -2.74. The van der Waals surface area contributed by atoms with E-state index in [2.05, 4.69) is 4.90 Å². The van der Waals surface area contributed by atoms with Crippen LogP contribution < -0.4 is 10.6 Å². The number of aliphatic hydroxyl groups is 1. The van der Waals surface area contributed by atoms with E-state index in [0.717, 1.165) is 37.2 Å². The number of phenolic OH excluding ortho intramolecular Hbond substituents is 1. The summed E-state index contributed by atoms with van der Waals surface area (Å²) in [5.74, 6) is -10.4. The highest BCUT2D eigenvalue weighted by Crippen LogP contribution is 2.52. The van der Waals surface area contributed by atoms with E-state index in [0.29, 0.717) is 12.1 Å². The van der Waals surface area contributed by atoms with E-state index in [1.54, 1.807) is 27.3 Å². The largest absolute Gasteiger partial charge is 0.507 e. The summed E-state index contributed by atoms with van der Waals surface area (Å²) in [6, 6.07) is 0.435. The monoisotopic (exact) mass is 584 g/mol. The number of ether oxygens (including phenoxy) is 1. The predicted molar refractivity (Wildman–Crippen MR) is 151 cm³/mol. The first-order chi connectivity index (χ1) is 19.7. The smallest absolute Gasteiger partial charge is 0.235 e. The molecule has 1 aromatic rings. The predicted octanol–water partition coefficient (Wildman–Crippen LogP) is -0.456. The van der Waals surface area contributed by atoms with Crippen molar-refractivity contribution in [3.8, 4) is 5.75 Å². The Morgan fingerprint density at radius 3 is 2.31 bits per heavy atom. The summed E-state index contributed by atoms with van der Waals surface area (Å²) in [5.41, 5.74) is 4.89. The van der Waals surface area contributed by atoms with E-state index in [1.165, 1.54) is 4.90 Å². The molecule has 2 saturated carbocycles. The van der Waals surface area contributed by atoms with Crippen LogP contribution in [0.3, 0.4) is 0 Å². The molecule has 4 N–H and O–H groups in total. The third kappa shape index (κ3) is 4.47. The van der Waals surface area contributed by atoms with E-state index >= 15 is 0 Å². The lowest BCUT2D eigenvalue weighted by molar-refractivity contribution is -0.181. The molecule has 0 radical (unpaired) electrons. The highest BCUT2D eigenvalue weighted by molar-refractivity contribution is 6.32. The topological polar surface area (TPSA) is 171 Å². The minimum Gasteiger partial charge on any atom is -0.507 e. The van der Waals surface area contributed by atoms with Crippen molar-refractivity contribution in [3.63, 3.8) is 0 Å². The Kier molecular flexibility index (Phi) is 7.80. The Labute approximate surface area is 244 Å². The van der Waals surface area contributed by atoms with Crippen LogP contribution in [-0.4, -0.2) is 115 Å². The molecule has 12 heteroatoms. The fraction of sp³-hybridized carbons (Fsp3) is 0.633. The highest BCUT2D eigenvalue weighted by atomic mass is 16.5. The molecular formula is C30H40N4O8. The summed E-state index contributed by atoms with van der Waals surface area (Å²) >= 11 is 0. The molecule has 5 rings (SSSR count). The number of nitrogens with two attached hydrogens (primary N) is 1. The number of hydrogen-bond donors (Lipinski definition) is 3. The molecule has 0 bridgehead atoms. The first-order valence-electron chi connectivity index (χ1n) is 14.4. The number of methoxy groups -OCH3 is 1. The van der Waals surface area contributed by atoms with Crippen molar-refractivity contribution in [2.75, 3.05) is 53.3 Å². The van der Waals surface area contributed by atoms with Gasteiger partial charge in [0.1, 0.15) is 5.75 Å². The van der Waals surface area contributed by atoms with Crippen LogP contribution in [0.25, 0.3) is 0 Å². The third-order valence-electron chi connectivity index (χ3n) is 9.82. The van der Waals surface area contributed by atoms with E-state index in [9.17, 15) is 34.2 Å². The number of ketones is 4. The lowest BCUT2D eigenvalue weighted by Gasteiger charge is -2.52. The van der Waals surface area contributed by atoms with Crippen LogP contribution in [0.15, 0.2) is 6.07 Å². The van der Waals surface area contributed by atoms with Crippen molar-refractivity contribution >= 4 is 34.7 Å². The number of primary amides is 1. The number of phenols is 1. The van der Waals surface area contributed by atoms with Gasteiger partial charge in [0.25, 0.3) is 0 Å². The van der Waals surface area contributed by atoms with E-state index in [1.807, 2.05) is 19.0 Å². The van der Waals surface area contributed by atoms with Crippen LogP contribution in [0.2, 0.25) is 0 Å². The number of amides is 1. The Hall–Kier alpha value is -3.19. The number of Topliss-reactive ketones (excluding diaryl/α,β-unsaturated/α-hetero) is 4. The molecule has 4 aliphatic rings. The molecule has 3 fully saturated rings. The quantitative estimate of drug-likeness (QED) is 0.370. The SMILES string of the molecule is COC1CCN(Cc2cc(O)c3c(c2N(C)C)CC2CC4C(N(C)C)C(=O)C(C(N)=O)C(=O)C4(O)C(=O)C2C3=O)CC1. The molecule has 12 nitrogen and oxygen atoms in total. The van der Waals surface area contributed by atoms with Gasteiger partial charge in [-0.15, -0.1) is 0 Å². The number of rotatable bonds is 6. The van der Waals surface area contributed by atoms with Gasteiger partial charge in [0.05, 0.1) is 23.6 Å². The molecule has 1 heterocycles. The Bertz CT molecular complexity index is 1350. The fourth-order valence-electron chi connectivity index (χ4n) is 7.95. The van der Waals surface area contributed by atoms with Gasteiger partial charge in [-0.2, -0.15) is 0 Å². The zero-order valence-electron chi connectivity index (χ0n) is 24.8. The van der Waals surface area contributed by atoms with Gasteiger partial charge in [-0.3, -0.25) is 33.8 Å². The zero-order chi connectivity index (χ0) is 30.8. The van der Waals surface area contributed by atoms with Gasteiger partial charge < -0.3 is 25.6 Å². The molecule has 42 heavy (non-hydrogen) atoms. The van der Waals surface area contributed by atoms with Gasteiger partial charge in [-0.05, 0) is 62.9 Å². The molecule has 0 spiro atoms. The van der Waals surface area contributed by atoms with E-state index in [4.69, 9.17) is 10.5 Å². The summed E-state index contributed by atoms with van der Waals surface area (Å²) in [7, 11) is 8.57. The van der Waals surface area contributed by atoms with Crippen molar-refractivity contribution in [2.45, 2.75) is 50.0 Å². The molecule has 228 valence electrons. The summed E-state index contributed by atoms with van der Waals surface area (Å²) < 4.78 is 5.49.